The van der Waals surface area contributed by atoms with E-state index in [4.69, 9.17) is 0 Å². The van der Waals surface area contributed by atoms with Crippen LogP contribution in [0.1, 0.15) is 11.3 Å². The number of para-hydroxylation sites is 1. The highest BCUT2D eigenvalue weighted by Gasteiger charge is 2.21. The number of rotatable bonds is 7. The van der Waals surface area contributed by atoms with E-state index in [2.05, 4.69) is 10.3 Å². The molecule has 8 nitrogen and oxygen atoms in total. The first-order valence-corrected chi connectivity index (χ1v) is 8.52. The second-order valence-electron chi connectivity index (χ2n) is 6.26. The van der Waals surface area contributed by atoms with Crippen LogP contribution in [-0.2, 0) is 22.4 Å². The van der Waals surface area contributed by atoms with Gasteiger partial charge in [-0.15, -0.1) is 0 Å². The van der Waals surface area contributed by atoms with Gasteiger partial charge in [-0.25, -0.2) is 4.79 Å². The molecule has 2 N–H and O–H groups in total. The van der Waals surface area contributed by atoms with Crippen molar-refractivity contribution in [3.8, 4) is 0 Å². The molecule has 0 aliphatic heterocycles. The normalized spacial score (nSPS) is 11.7. The lowest BCUT2D eigenvalue weighted by Crippen LogP contribution is -2.43. The van der Waals surface area contributed by atoms with Crippen LogP contribution in [0, 0.1) is 10.1 Å². The number of nitrogens with one attached hydrogen (secondary N) is 1. The smallest absolute Gasteiger partial charge is 0.326 e. The molecule has 0 radical (unpaired) electrons. The Kier molecular flexibility index (Phi) is 5.59. The van der Waals surface area contributed by atoms with Crippen molar-refractivity contribution in [2.45, 2.75) is 18.9 Å². The summed E-state index contributed by atoms with van der Waals surface area (Å²) in [7, 11) is 0. The van der Waals surface area contributed by atoms with Crippen LogP contribution in [0.2, 0.25) is 0 Å². The highest BCUT2D eigenvalue weighted by molar-refractivity contribution is 5.85. The quantitative estimate of drug-likeness (QED) is 0.480. The number of aromatic nitrogens is 1. The lowest BCUT2D eigenvalue weighted by molar-refractivity contribution is -0.384. The molecule has 0 unspecified atom stereocenters. The van der Waals surface area contributed by atoms with Crippen molar-refractivity contribution in [1.82, 2.24) is 10.3 Å². The molecule has 142 valence electrons. The van der Waals surface area contributed by atoms with E-state index < -0.39 is 22.8 Å². The number of nitrogens with zero attached hydrogens (tertiary/aromatic N) is 2. The molecule has 1 heterocycles. The minimum Gasteiger partial charge on any atom is -0.480 e. The average molecular weight is 379 g/mol. The zero-order chi connectivity index (χ0) is 20.1. The Balaban J connectivity index is 1.69. The van der Waals surface area contributed by atoms with Crippen LogP contribution in [0.15, 0.2) is 60.7 Å². The van der Waals surface area contributed by atoms with E-state index in [9.17, 15) is 24.8 Å². The molecule has 0 fully saturated rings. The standard InChI is InChI=1S/C20H17N3O5/c24-19(11-13-4-3-6-16(10-13)23(27)28)22-18(20(25)26)12-15-9-8-14-5-1-2-7-17(14)21-15/h1-10,18H,11-12H2,(H,22,24)(H,25,26)/t18-/m0/s1. The summed E-state index contributed by atoms with van der Waals surface area (Å²) in [6, 6.07) is 15.6. The number of benzene rings is 2. The van der Waals surface area contributed by atoms with Gasteiger partial charge in [-0.2, -0.15) is 0 Å². The number of amides is 1. The second-order valence-corrected chi connectivity index (χ2v) is 6.26. The Morgan fingerprint density at radius 2 is 1.89 bits per heavy atom. The largest absolute Gasteiger partial charge is 0.480 e. The van der Waals surface area contributed by atoms with Crippen LogP contribution < -0.4 is 5.32 Å². The molecule has 3 rings (SSSR count). The molecule has 0 saturated carbocycles. The molecule has 3 aromatic rings. The SMILES string of the molecule is O=C(Cc1cccc([N+](=O)[O-])c1)N[C@@H](Cc1ccc2ccccc2n1)C(=O)O. The lowest BCUT2D eigenvalue weighted by Gasteiger charge is -2.14. The van der Waals surface area contributed by atoms with Crippen LogP contribution in [0.4, 0.5) is 5.69 Å². The molecule has 0 aliphatic carbocycles. The summed E-state index contributed by atoms with van der Waals surface area (Å²) >= 11 is 0. The van der Waals surface area contributed by atoms with Gasteiger partial charge < -0.3 is 10.4 Å². The number of carboxylic acid groups (broad SMARTS) is 1. The first kappa shape index (κ1) is 19.0. The van der Waals surface area contributed by atoms with E-state index >= 15 is 0 Å². The van der Waals surface area contributed by atoms with Gasteiger partial charge in [0.2, 0.25) is 5.91 Å². The van der Waals surface area contributed by atoms with E-state index in [-0.39, 0.29) is 18.5 Å². The van der Waals surface area contributed by atoms with Gasteiger partial charge in [0.25, 0.3) is 5.69 Å². The minimum absolute atomic E-state index is 0.0286. The number of fused-ring (bicyclic) bond motifs is 1. The van der Waals surface area contributed by atoms with E-state index in [1.807, 2.05) is 30.3 Å². The highest BCUT2D eigenvalue weighted by Crippen LogP contribution is 2.15. The molecule has 2 aromatic carbocycles. The maximum atomic E-state index is 12.2. The number of carbonyl (C=O) groups is 2. The van der Waals surface area contributed by atoms with Crippen molar-refractivity contribution in [3.63, 3.8) is 0 Å². The third-order valence-corrected chi connectivity index (χ3v) is 4.19. The van der Waals surface area contributed by atoms with Gasteiger partial charge in [-0.3, -0.25) is 19.9 Å². The number of non-ortho nitro benzene ring substituents is 1. The molecule has 28 heavy (non-hydrogen) atoms. The van der Waals surface area contributed by atoms with Gasteiger partial charge in [0, 0.05) is 29.6 Å². The van der Waals surface area contributed by atoms with Crippen LogP contribution in [0.3, 0.4) is 0 Å². The maximum Gasteiger partial charge on any atom is 0.326 e. The monoisotopic (exact) mass is 379 g/mol. The van der Waals surface area contributed by atoms with E-state index in [0.29, 0.717) is 11.3 Å². The summed E-state index contributed by atoms with van der Waals surface area (Å²) in [5.74, 6) is -1.71. The molecule has 0 spiro atoms. The van der Waals surface area contributed by atoms with Gasteiger partial charge >= 0.3 is 5.97 Å². The highest BCUT2D eigenvalue weighted by atomic mass is 16.6. The van der Waals surface area contributed by atoms with Crippen molar-refractivity contribution in [2.75, 3.05) is 0 Å². The third-order valence-electron chi connectivity index (χ3n) is 4.19. The molecule has 1 atom stereocenters. The van der Waals surface area contributed by atoms with E-state index in [0.717, 1.165) is 10.9 Å². The van der Waals surface area contributed by atoms with Gasteiger partial charge in [0.1, 0.15) is 6.04 Å². The Hall–Kier alpha value is -3.81. The Morgan fingerprint density at radius 3 is 2.64 bits per heavy atom. The van der Waals surface area contributed by atoms with Crippen LogP contribution in [0.25, 0.3) is 10.9 Å². The van der Waals surface area contributed by atoms with Gasteiger partial charge in [0.05, 0.1) is 16.9 Å². The number of aliphatic carboxylic acids is 1. The lowest BCUT2D eigenvalue weighted by atomic mass is 10.1. The van der Waals surface area contributed by atoms with Gasteiger partial charge in [-0.05, 0) is 17.7 Å². The zero-order valence-electron chi connectivity index (χ0n) is 14.7. The van der Waals surface area contributed by atoms with Crippen molar-refractivity contribution < 1.29 is 19.6 Å². The molecule has 1 amide bonds. The van der Waals surface area contributed by atoms with Gasteiger partial charge in [-0.1, -0.05) is 36.4 Å². The second kappa shape index (κ2) is 8.26. The summed E-state index contributed by atoms with van der Waals surface area (Å²) < 4.78 is 0. The number of carboxylic acids is 1. The topological polar surface area (TPSA) is 122 Å². The Morgan fingerprint density at radius 1 is 1.11 bits per heavy atom. The number of hydrogen-bond acceptors (Lipinski definition) is 5. The van der Waals surface area contributed by atoms with Gasteiger partial charge in [0.15, 0.2) is 0 Å². The van der Waals surface area contributed by atoms with Crippen LogP contribution >= 0.6 is 0 Å². The predicted octanol–water partition coefficient (Wildman–Crippen LogP) is 2.50. The first-order valence-electron chi connectivity index (χ1n) is 8.52. The van der Waals surface area contributed by atoms with Crippen molar-refractivity contribution in [3.05, 3.63) is 82.0 Å². The molecule has 1 aromatic heterocycles. The van der Waals surface area contributed by atoms with Crippen molar-refractivity contribution in [2.24, 2.45) is 0 Å². The Bertz CT molecular complexity index is 1050. The minimum atomic E-state index is -1.18. The van der Waals surface area contributed by atoms with Crippen molar-refractivity contribution in [1.29, 1.82) is 0 Å². The molecule has 0 bridgehead atoms. The summed E-state index contributed by atoms with van der Waals surface area (Å²) in [4.78, 5) is 38.5. The molecule has 8 heteroatoms. The number of nitro benzene ring substituents is 1. The summed E-state index contributed by atoms with van der Waals surface area (Å²) in [6.45, 7) is 0. The number of hydrogen-bond donors (Lipinski definition) is 2. The summed E-state index contributed by atoms with van der Waals surface area (Å²) in [5, 5.41) is 23.7. The summed E-state index contributed by atoms with van der Waals surface area (Å²) in [5.41, 5.74) is 1.59. The molecule has 0 saturated heterocycles. The number of pyridine rings is 1. The zero-order valence-corrected chi connectivity index (χ0v) is 14.7. The van der Waals surface area contributed by atoms with Crippen LogP contribution in [-0.4, -0.2) is 32.9 Å². The molecule has 0 aliphatic rings. The maximum absolute atomic E-state index is 12.2. The average Bonchev–Trinajstić information content (AvgIpc) is 2.67. The Labute approximate surface area is 160 Å². The first-order chi connectivity index (χ1) is 13.4. The van der Waals surface area contributed by atoms with Crippen molar-refractivity contribution >= 4 is 28.5 Å². The fourth-order valence-corrected chi connectivity index (χ4v) is 2.84. The molecular formula is C20H17N3O5. The van der Waals surface area contributed by atoms with Crippen LogP contribution in [0.5, 0.6) is 0 Å². The van der Waals surface area contributed by atoms with E-state index in [1.165, 1.54) is 18.2 Å². The fourth-order valence-electron chi connectivity index (χ4n) is 2.84. The third kappa shape index (κ3) is 4.67. The van der Waals surface area contributed by atoms with E-state index in [1.54, 1.807) is 12.1 Å². The number of nitro groups is 1. The number of carbonyl (C=O) groups excluding carboxylic acids is 1. The predicted molar refractivity (Wildman–Crippen MR) is 102 cm³/mol. The summed E-state index contributed by atoms with van der Waals surface area (Å²) in [6.07, 6.45) is -0.128. The molecular weight excluding hydrogens is 362 g/mol. The fraction of sp³-hybridized carbons (Fsp3) is 0.150.